The second-order valence-corrected chi connectivity index (χ2v) is 1.32. The Labute approximate surface area is 48.1 Å². The van der Waals surface area contributed by atoms with Crippen molar-refractivity contribution in [3.8, 4) is 0 Å². The molecule has 1 N–H and O–H groups in total. The molecule has 0 fully saturated rings. The van der Waals surface area contributed by atoms with Gasteiger partial charge in [-0.3, -0.25) is 4.98 Å². The van der Waals surface area contributed by atoms with E-state index in [1.165, 1.54) is 0 Å². The molecule has 0 aromatic carbocycles. The van der Waals surface area contributed by atoms with Crippen LogP contribution in [0.4, 0.5) is 8.78 Å². The summed E-state index contributed by atoms with van der Waals surface area (Å²) in [5.41, 5.74) is -0.898. The Morgan fingerprint density at radius 3 is 2.67 bits per heavy atom. The van der Waals surface area contributed by atoms with Crippen molar-refractivity contribution in [3.05, 3.63) is 16.8 Å². The summed E-state index contributed by atoms with van der Waals surface area (Å²) in [5.74, 6) is 0. The molecule has 6 heteroatoms. The summed E-state index contributed by atoms with van der Waals surface area (Å²) in [5, 5.41) is 3.01. The molecule has 1 aromatic heterocycles. The van der Waals surface area contributed by atoms with E-state index in [0.29, 0.717) is 0 Å². The average Bonchev–Trinajstić information content (AvgIpc) is 2.13. The molecule has 9 heavy (non-hydrogen) atoms. The minimum atomic E-state index is -2.86. The molecule has 0 bridgehead atoms. The van der Waals surface area contributed by atoms with E-state index in [1.807, 2.05) is 4.98 Å². The van der Waals surface area contributed by atoms with Crippen LogP contribution in [-0.2, 0) is 0 Å². The van der Waals surface area contributed by atoms with Crippen molar-refractivity contribution in [1.82, 2.24) is 14.8 Å². The highest BCUT2D eigenvalue weighted by atomic mass is 19.3. The van der Waals surface area contributed by atoms with Gasteiger partial charge < -0.3 is 0 Å². The van der Waals surface area contributed by atoms with Gasteiger partial charge in [-0.05, 0) is 0 Å². The van der Waals surface area contributed by atoms with Crippen LogP contribution >= 0.6 is 0 Å². The summed E-state index contributed by atoms with van der Waals surface area (Å²) >= 11 is 0. The van der Waals surface area contributed by atoms with Crippen LogP contribution in [0.15, 0.2) is 11.1 Å². The molecule has 0 amide bonds. The van der Waals surface area contributed by atoms with Crippen LogP contribution in [0.1, 0.15) is 6.55 Å². The average molecular weight is 135 g/mol. The number of aromatic nitrogens is 3. The molecule has 4 nitrogen and oxygen atoms in total. The zero-order valence-electron chi connectivity index (χ0n) is 4.21. The van der Waals surface area contributed by atoms with Gasteiger partial charge in [-0.15, -0.1) is 0 Å². The van der Waals surface area contributed by atoms with Gasteiger partial charge >= 0.3 is 12.2 Å². The van der Waals surface area contributed by atoms with Crippen LogP contribution in [0.3, 0.4) is 0 Å². The highest BCUT2D eigenvalue weighted by Gasteiger charge is 2.07. The Morgan fingerprint density at radius 1 is 1.78 bits per heavy atom. The predicted octanol–water partition coefficient (Wildman–Crippen LogP) is -0.0335. The molecule has 0 saturated heterocycles. The SMILES string of the molecule is O=c1[nH]cnn1C(F)F. The Balaban J connectivity index is 3.08. The van der Waals surface area contributed by atoms with Crippen LogP contribution in [-0.4, -0.2) is 14.8 Å². The second kappa shape index (κ2) is 1.96. The lowest BCUT2D eigenvalue weighted by Gasteiger charge is -1.91. The molecule has 1 rings (SSSR count). The zero-order chi connectivity index (χ0) is 6.85. The first-order valence-electron chi connectivity index (χ1n) is 2.12. The van der Waals surface area contributed by atoms with E-state index in [4.69, 9.17) is 0 Å². The number of hydrogen-bond donors (Lipinski definition) is 1. The highest BCUT2D eigenvalue weighted by Crippen LogP contribution is 2.00. The molecular formula is C3H3F2N3O. The number of hydrogen-bond acceptors (Lipinski definition) is 2. The van der Waals surface area contributed by atoms with Crippen LogP contribution in [0.2, 0.25) is 0 Å². The van der Waals surface area contributed by atoms with E-state index in [2.05, 4.69) is 5.10 Å². The number of aromatic amines is 1. The van der Waals surface area contributed by atoms with E-state index in [1.54, 1.807) is 0 Å². The van der Waals surface area contributed by atoms with Gasteiger partial charge in [0.05, 0.1) is 0 Å². The first-order chi connectivity index (χ1) is 4.22. The van der Waals surface area contributed by atoms with Gasteiger partial charge in [-0.25, -0.2) is 4.79 Å². The molecule has 0 saturated carbocycles. The maximum Gasteiger partial charge on any atom is 0.347 e. The van der Waals surface area contributed by atoms with Crippen molar-refractivity contribution in [1.29, 1.82) is 0 Å². The molecule has 1 heterocycles. The fourth-order valence-corrected chi connectivity index (χ4v) is 0.404. The first kappa shape index (κ1) is 5.93. The molecule has 1 aromatic rings. The Kier molecular flexibility index (Phi) is 1.29. The normalized spacial score (nSPS) is 10.6. The topological polar surface area (TPSA) is 50.7 Å². The fraction of sp³-hybridized carbons (Fsp3) is 0.333. The molecule has 0 aliphatic carbocycles. The van der Waals surface area contributed by atoms with Crippen LogP contribution in [0.25, 0.3) is 0 Å². The van der Waals surface area contributed by atoms with Crippen LogP contribution in [0.5, 0.6) is 0 Å². The highest BCUT2D eigenvalue weighted by molar-refractivity contribution is 4.58. The van der Waals surface area contributed by atoms with Gasteiger partial charge in [0, 0.05) is 0 Å². The number of nitrogens with one attached hydrogen (secondary N) is 1. The maximum absolute atomic E-state index is 11.5. The lowest BCUT2D eigenvalue weighted by atomic mass is 11.1. The lowest BCUT2D eigenvalue weighted by Crippen LogP contribution is -2.18. The molecular weight excluding hydrogens is 132 g/mol. The van der Waals surface area contributed by atoms with Crippen molar-refractivity contribution in [2.24, 2.45) is 0 Å². The van der Waals surface area contributed by atoms with Crippen molar-refractivity contribution >= 4 is 0 Å². The van der Waals surface area contributed by atoms with E-state index in [-0.39, 0.29) is 4.68 Å². The molecule has 50 valence electrons. The third-order valence-electron chi connectivity index (χ3n) is 0.763. The van der Waals surface area contributed by atoms with E-state index in [9.17, 15) is 13.6 Å². The third kappa shape index (κ3) is 0.956. The van der Waals surface area contributed by atoms with E-state index < -0.39 is 12.2 Å². The Morgan fingerprint density at radius 2 is 2.44 bits per heavy atom. The summed E-state index contributed by atoms with van der Waals surface area (Å²) in [7, 11) is 0. The Bertz CT molecular complexity index is 239. The molecule has 0 aliphatic rings. The fourth-order valence-electron chi connectivity index (χ4n) is 0.404. The molecule has 0 unspecified atom stereocenters. The number of halogens is 2. The van der Waals surface area contributed by atoms with Gasteiger partial charge in [0.25, 0.3) is 0 Å². The van der Waals surface area contributed by atoms with Gasteiger partial charge in [-0.1, -0.05) is 0 Å². The molecule has 0 atom stereocenters. The van der Waals surface area contributed by atoms with Crippen molar-refractivity contribution in [3.63, 3.8) is 0 Å². The zero-order valence-corrected chi connectivity index (χ0v) is 4.21. The lowest BCUT2D eigenvalue weighted by molar-refractivity contribution is 0.0526. The number of nitrogens with zero attached hydrogens (tertiary/aromatic N) is 2. The summed E-state index contributed by atoms with van der Waals surface area (Å²) in [6, 6.07) is 0. The Hall–Kier alpha value is -1.20. The maximum atomic E-state index is 11.5. The monoisotopic (exact) mass is 135 g/mol. The van der Waals surface area contributed by atoms with Gasteiger partial charge in [0.1, 0.15) is 6.33 Å². The predicted molar refractivity (Wildman–Crippen MR) is 24.1 cm³/mol. The smallest absolute Gasteiger partial charge is 0.295 e. The van der Waals surface area contributed by atoms with Gasteiger partial charge in [0.15, 0.2) is 0 Å². The number of rotatable bonds is 1. The van der Waals surface area contributed by atoms with Crippen molar-refractivity contribution in [2.45, 2.75) is 6.55 Å². The van der Waals surface area contributed by atoms with Gasteiger partial charge in [-0.2, -0.15) is 18.6 Å². The molecule has 0 spiro atoms. The van der Waals surface area contributed by atoms with Crippen LogP contribution in [0, 0.1) is 0 Å². The number of alkyl halides is 2. The van der Waals surface area contributed by atoms with Gasteiger partial charge in [0.2, 0.25) is 0 Å². The third-order valence-corrected chi connectivity index (χ3v) is 0.763. The minimum absolute atomic E-state index is 0.0556. The molecule has 0 radical (unpaired) electrons. The quantitative estimate of drug-likeness (QED) is 0.587. The van der Waals surface area contributed by atoms with E-state index in [0.717, 1.165) is 6.33 Å². The first-order valence-corrected chi connectivity index (χ1v) is 2.12. The van der Waals surface area contributed by atoms with Crippen LogP contribution < -0.4 is 5.69 Å². The summed E-state index contributed by atoms with van der Waals surface area (Å²) in [6.45, 7) is -2.86. The second-order valence-electron chi connectivity index (χ2n) is 1.32. The molecule has 0 aliphatic heterocycles. The van der Waals surface area contributed by atoms with E-state index >= 15 is 0 Å². The number of H-pyrrole nitrogens is 1. The van der Waals surface area contributed by atoms with Crippen molar-refractivity contribution in [2.75, 3.05) is 0 Å². The minimum Gasteiger partial charge on any atom is -0.295 e. The summed E-state index contributed by atoms with van der Waals surface area (Å²) in [4.78, 5) is 12.2. The standard InChI is InChI=1S/C3H3F2N3O/c4-2(5)8-3(9)6-1-7-8/h1-2H,(H,6,7,9). The van der Waals surface area contributed by atoms with Crippen molar-refractivity contribution < 1.29 is 8.78 Å². The summed E-state index contributed by atoms with van der Waals surface area (Å²) < 4.78 is 23.1. The summed E-state index contributed by atoms with van der Waals surface area (Å²) in [6.07, 6.45) is 0.911. The largest absolute Gasteiger partial charge is 0.347 e.